The molecule has 7 heteroatoms. The van der Waals surface area contributed by atoms with Gasteiger partial charge in [-0.2, -0.15) is 0 Å². The Bertz CT molecular complexity index is 997. The highest BCUT2D eigenvalue weighted by atomic mass is 32.2. The fourth-order valence-corrected chi connectivity index (χ4v) is 3.71. The third-order valence-corrected chi connectivity index (χ3v) is 5.19. The summed E-state index contributed by atoms with van der Waals surface area (Å²) in [5.41, 5.74) is 1.28. The maximum atomic E-state index is 12.4. The molecule has 0 atom stereocenters. The van der Waals surface area contributed by atoms with E-state index in [-0.39, 0.29) is 5.91 Å². The number of benzene rings is 1. The largest absolute Gasteiger partial charge is 0.463 e. The Morgan fingerprint density at radius 2 is 1.96 bits per heavy atom. The van der Waals surface area contributed by atoms with E-state index in [9.17, 15) is 4.79 Å². The van der Waals surface area contributed by atoms with Gasteiger partial charge in [-0.05, 0) is 48.5 Å². The van der Waals surface area contributed by atoms with E-state index in [2.05, 4.69) is 15.3 Å². The van der Waals surface area contributed by atoms with Gasteiger partial charge in [0.1, 0.15) is 10.7 Å². The number of carbonyl (C=O) groups is 1. The van der Waals surface area contributed by atoms with Crippen molar-refractivity contribution in [1.29, 1.82) is 0 Å². The fourth-order valence-electron chi connectivity index (χ4n) is 2.24. The van der Waals surface area contributed by atoms with Crippen LogP contribution in [0.5, 0.6) is 0 Å². The van der Waals surface area contributed by atoms with Crippen molar-refractivity contribution in [3.63, 3.8) is 0 Å². The molecular weight excluding hydrogens is 366 g/mol. The first-order valence-corrected chi connectivity index (χ1v) is 9.47. The SMILES string of the molecule is O=C(Nc1nc(-c2ccco2)cs1)c1ccc(Sc2ccccn2)cc1. The van der Waals surface area contributed by atoms with E-state index in [4.69, 9.17) is 4.42 Å². The number of anilines is 1. The van der Waals surface area contributed by atoms with Gasteiger partial charge in [0.25, 0.3) is 5.91 Å². The summed E-state index contributed by atoms with van der Waals surface area (Å²) in [6.45, 7) is 0. The lowest BCUT2D eigenvalue weighted by atomic mass is 10.2. The van der Waals surface area contributed by atoms with Crippen LogP contribution in [0.2, 0.25) is 0 Å². The van der Waals surface area contributed by atoms with Crippen LogP contribution < -0.4 is 5.32 Å². The maximum Gasteiger partial charge on any atom is 0.257 e. The van der Waals surface area contributed by atoms with Crippen molar-refractivity contribution in [2.75, 3.05) is 5.32 Å². The number of amides is 1. The highest BCUT2D eigenvalue weighted by Gasteiger charge is 2.11. The Labute approximate surface area is 158 Å². The van der Waals surface area contributed by atoms with Gasteiger partial charge in [0.2, 0.25) is 0 Å². The quantitative estimate of drug-likeness (QED) is 0.516. The van der Waals surface area contributed by atoms with Crippen LogP contribution in [0.15, 0.2) is 86.8 Å². The molecule has 1 aromatic carbocycles. The second-order valence-electron chi connectivity index (χ2n) is 5.26. The molecule has 1 amide bonds. The summed E-state index contributed by atoms with van der Waals surface area (Å²) in [5.74, 6) is 0.484. The summed E-state index contributed by atoms with van der Waals surface area (Å²) in [5, 5.41) is 6.12. The van der Waals surface area contributed by atoms with E-state index in [0.29, 0.717) is 22.1 Å². The molecule has 0 aliphatic rings. The number of aromatic nitrogens is 2. The molecule has 0 radical (unpaired) electrons. The minimum atomic E-state index is -0.195. The standard InChI is InChI=1S/C19H13N3O2S2/c23-18(22-19-21-15(12-25-19)16-4-3-11-24-16)13-6-8-14(9-7-13)26-17-5-1-2-10-20-17/h1-12H,(H,21,22,23). The first-order valence-electron chi connectivity index (χ1n) is 7.78. The first kappa shape index (κ1) is 16.6. The van der Waals surface area contributed by atoms with Gasteiger partial charge in [-0.1, -0.05) is 17.8 Å². The number of nitrogens with zero attached hydrogens (tertiary/aromatic N) is 2. The van der Waals surface area contributed by atoms with Gasteiger partial charge in [-0.3, -0.25) is 10.1 Å². The zero-order chi connectivity index (χ0) is 17.8. The molecule has 0 saturated heterocycles. The van der Waals surface area contributed by atoms with Crippen molar-refractivity contribution in [2.24, 2.45) is 0 Å². The van der Waals surface area contributed by atoms with E-state index >= 15 is 0 Å². The second kappa shape index (κ2) is 7.55. The topological polar surface area (TPSA) is 68.0 Å². The van der Waals surface area contributed by atoms with Crippen LogP contribution in [-0.2, 0) is 0 Å². The van der Waals surface area contributed by atoms with E-state index < -0.39 is 0 Å². The number of hydrogen-bond acceptors (Lipinski definition) is 6. The fraction of sp³-hybridized carbons (Fsp3) is 0. The van der Waals surface area contributed by atoms with Crippen molar-refractivity contribution in [3.8, 4) is 11.5 Å². The van der Waals surface area contributed by atoms with Gasteiger partial charge in [0.15, 0.2) is 10.9 Å². The molecule has 1 N–H and O–H groups in total. The van der Waals surface area contributed by atoms with Crippen molar-refractivity contribution in [2.45, 2.75) is 9.92 Å². The summed E-state index contributed by atoms with van der Waals surface area (Å²) in [6.07, 6.45) is 3.35. The molecule has 4 aromatic rings. The molecule has 128 valence electrons. The molecule has 0 spiro atoms. The molecule has 4 rings (SSSR count). The Kier molecular flexibility index (Phi) is 4.81. The number of furan rings is 1. The van der Waals surface area contributed by atoms with Crippen LogP contribution in [0.1, 0.15) is 10.4 Å². The van der Waals surface area contributed by atoms with E-state index in [0.717, 1.165) is 9.92 Å². The van der Waals surface area contributed by atoms with Gasteiger partial charge in [0.05, 0.1) is 6.26 Å². The summed E-state index contributed by atoms with van der Waals surface area (Å²) >= 11 is 2.91. The van der Waals surface area contributed by atoms with Gasteiger partial charge in [0, 0.05) is 22.0 Å². The average Bonchev–Trinajstić information content (AvgIpc) is 3.35. The van der Waals surface area contributed by atoms with Crippen LogP contribution in [0, 0.1) is 0 Å². The zero-order valence-corrected chi connectivity index (χ0v) is 15.1. The molecule has 0 saturated carbocycles. The highest BCUT2D eigenvalue weighted by molar-refractivity contribution is 7.99. The van der Waals surface area contributed by atoms with E-state index in [1.807, 2.05) is 41.8 Å². The van der Waals surface area contributed by atoms with Gasteiger partial charge < -0.3 is 4.42 Å². The number of thiazole rings is 1. The van der Waals surface area contributed by atoms with Gasteiger partial charge in [-0.25, -0.2) is 9.97 Å². The number of nitrogens with one attached hydrogen (secondary N) is 1. The smallest absolute Gasteiger partial charge is 0.257 e. The Balaban J connectivity index is 1.42. The number of rotatable bonds is 5. The number of pyridine rings is 1. The van der Waals surface area contributed by atoms with E-state index in [1.54, 1.807) is 42.4 Å². The highest BCUT2D eigenvalue weighted by Crippen LogP contribution is 2.27. The predicted octanol–water partition coefficient (Wildman–Crippen LogP) is 5.20. The first-order chi connectivity index (χ1) is 12.8. The molecule has 26 heavy (non-hydrogen) atoms. The van der Waals surface area contributed by atoms with Gasteiger partial charge >= 0.3 is 0 Å². The molecule has 0 unspecified atom stereocenters. The summed E-state index contributed by atoms with van der Waals surface area (Å²) in [6, 6.07) is 16.8. The molecule has 0 fully saturated rings. The molecule has 0 bridgehead atoms. The molecule has 0 aliphatic heterocycles. The number of carbonyl (C=O) groups excluding carboxylic acids is 1. The van der Waals surface area contributed by atoms with Crippen molar-refractivity contribution >= 4 is 34.1 Å². The Hall–Kier alpha value is -2.90. The monoisotopic (exact) mass is 379 g/mol. The molecule has 3 heterocycles. The van der Waals surface area contributed by atoms with Crippen molar-refractivity contribution < 1.29 is 9.21 Å². The third kappa shape index (κ3) is 3.84. The van der Waals surface area contributed by atoms with Crippen LogP contribution >= 0.6 is 23.1 Å². The molecule has 5 nitrogen and oxygen atoms in total. The molecular formula is C19H13N3O2S2. The van der Waals surface area contributed by atoms with Crippen LogP contribution in [0.25, 0.3) is 11.5 Å². The van der Waals surface area contributed by atoms with Crippen molar-refractivity contribution in [1.82, 2.24) is 9.97 Å². The summed E-state index contributed by atoms with van der Waals surface area (Å²) in [4.78, 5) is 22.1. The predicted molar refractivity (Wildman–Crippen MR) is 103 cm³/mol. The lowest BCUT2D eigenvalue weighted by Gasteiger charge is -2.04. The lowest BCUT2D eigenvalue weighted by molar-refractivity contribution is 0.102. The Morgan fingerprint density at radius 3 is 2.69 bits per heavy atom. The van der Waals surface area contributed by atoms with E-state index in [1.165, 1.54) is 11.3 Å². The minimum Gasteiger partial charge on any atom is -0.463 e. The van der Waals surface area contributed by atoms with Gasteiger partial charge in [-0.15, -0.1) is 11.3 Å². The summed E-state index contributed by atoms with van der Waals surface area (Å²) < 4.78 is 5.31. The van der Waals surface area contributed by atoms with Crippen LogP contribution in [-0.4, -0.2) is 15.9 Å². The third-order valence-electron chi connectivity index (χ3n) is 3.47. The molecule has 3 aromatic heterocycles. The second-order valence-corrected chi connectivity index (χ2v) is 7.22. The normalized spacial score (nSPS) is 10.6. The van der Waals surface area contributed by atoms with Crippen molar-refractivity contribution in [3.05, 3.63) is 78.0 Å². The summed E-state index contributed by atoms with van der Waals surface area (Å²) in [7, 11) is 0. The van der Waals surface area contributed by atoms with Crippen LogP contribution in [0.4, 0.5) is 5.13 Å². The average molecular weight is 379 g/mol. The molecule has 0 aliphatic carbocycles. The lowest BCUT2D eigenvalue weighted by Crippen LogP contribution is -2.11. The maximum absolute atomic E-state index is 12.4. The Morgan fingerprint density at radius 1 is 1.08 bits per heavy atom. The minimum absolute atomic E-state index is 0.195. The zero-order valence-electron chi connectivity index (χ0n) is 13.5. The van der Waals surface area contributed by atoms with Crippen LogP contribution in [0.3, 0.4) is 0 Å². The number of hydrogen-bond donors (Lipinski definition) is 1.